The summed E-state index contributed by atoms with van der Waals surface area (Å²) in [6.07, 6.45) is 68.3. The minimum absolute atomic E-state index is 0.0949. The Morgan fingerprint density at radius 2 is 0.619 bits per heavy atom. The molecule has 6 nitrogen and oxygen atoms in total. The van der Waals surface area contributed by atoms with Crippen LogP contribution in [0.4, 0.5) is 0 Å². The Hall–Kier alpha value is -3.93. The van der Waals surface area contributed by atoms with Crippen molar-refractivity contribution in [3.05, 3.63) is 109 Å². The molecule has 0 fully saturated rings. The normalized spacial score (nSPS) is 13.0. The Balaban J connectivity index is 4.16. The molecule has 0 aromatic heterocycles. The van der Waals surface area contributed by atoms with Crippen molar-refractivity contribution in [2.45, 2.75) is 219 Å². The second-order valence-corrected chi connectivity index (χ2v) is 16.3. The van der Waals surface area contributed by atoms with Crippen molar-refractivity contribution in [1.29, 1.82) is 0 Å². The lowest BCUT2D eigenvalue weighted by molar-refractivity contribution is -0.167. The van der Waals surface area contributed by atoms with Crippen molar-refractivity contribution in [2.24, 2.45) is 0 Å². The number of carbonyl (C=O) groups excluding carboxylic acids is 3. The van der Waals surface area contributed by atoms with Crippen LogP contribution in [-0.2, 0) is 28.6 Å². The van der Waals surface area contributed by atoms with E-state index in [4.69, 9.17) is 14.2 Å². The molecule has 1 atom stereocenters. The Morgan fingerprint density at radius 3 is 0.984 bits per heavy atom. The first-order valence-corrected chi connectivity index (χ1v) is 25.4. The molecule has 0 aliphatic heterocycles. The predicted octanol–water partition coefficient (Wildman–Crippen LogP) is 16.8. The molecule has 0 saturated heterocycles. The van der Waals surface area contributed by atoms with Gasteiger partial charge in [0.15, 0.2) is 6.10 Å². The molecule has 0 bridgehead atoms. The van der Waals surface area contributed by atoms with Crippen molar-refractivity contribution >= 4 is 17.9 Å². The van der Waals surface area contributed by atoms with Crippen LogP contribution in [0, 0.1) is 0 Å². The maximum absolute atomic E-state index is 12.7. The molecule has 0 saturated carbocycles. The van der Waals surface area contributed by atoms with E-state index >= 15 is 0 Å². The third-order valence-corrected chi connectivity index (χ3v) is 10.3. The zero-order valence-electron chi connectivity index (χ0n) is 40.5. The highest BCUT2D eigenvalue weighted by Gasteiger charge is 2.19. The number of allylic oxidation sites excluding steroid dienone is 18. The summed E-state index contributed by atoms with van der Waals surface area (Å²) in [7, 11) is 0. The first kappa shape index (κ1) is 59.1. The molecule has 0 aromatic carbocycles. The Kier molecular flexibility index (Phi) is 47.5. The van der Waals surface area contributed by atoms with Crippen molar-refractivity contribution in [3.8, 4) is 0 Å². The molecule has 1 unspecified atom stereocenters. The van der Waals surface area contributed by atoms with Crippen molar-refractivity contribution in [3.63, 3.8) is 0 Å². The number of hydrogen-bond donors (Lipinski definition) is 0. The van der Waals surface area contributed by atoms with Gasteiger partial charge in [0.2, 0.25) is 0 Å². The van der Waals surface area contributed by atoms with Gasteiger partial charge in [-0.15, -0.1) is 0 Å². The minimum atomic E-state index is -0.793. The van der Waals surface area contributed by atoms with E-state index in [1.807, 2.05) is 0 Å². The lowest BCUT2D eigenvalue weighted by atomic mass is 10.1. The summed E-state index contributed by atoms with van der Waals surface area (Å²) >= 11 is 0. The van der Waals surface area contributed by atoms with Crippen molar-refractivity contribution < 1.29 is 28.6 Å². The monoisotopic (exact) mass is 873 g/mol. The summed E-state index contributed by atoms with van der Waals surface area (Å²) in [5, 5.41) is 0. The summed E-state index contributed by atoms with van der Waals surface area (Å²) in [5.41, 5.74) is 0. The zero-order valence-corrected chi connectivity index (χ0v) is 40.5. The highest BCUT2D eigenvalue weighted by Crippen LogP contribution is 2.13. The Labute approximate surface area is 387 Å². The molecular formula is C57H92O6. The summed E-state index contributed by atoms with van der Waals surface area (Å²) in [6.45, 7) is 6.27. The van der Waals surface area contributed by atoms with E-state index < -0.39 is 6.10 Å². The standard InChI is InChI=1S/C57H92O6/c1-4-7-10-13-15-17-19-21-22-23-24-25-26-27-28-29-30-31-32-33-34-36-37-39-41-44-47-50-56(59)62-53-54(52-61-55(58)49-46-43-12-9-6-3)63-57(60)51-48-45-42-40-38-35-20-18-16-14-11-8-5-2/h7-8,10-11,15-18,21-22,24-25,27-28,30-31,35,38,54H,4-6,9,12-14,19-20,23,26,29,32-34,36-37,39-53H2,1-3H3/b10-7-,11-8-,17-15-,18-16-,22-21-,25-24-,28-27-,31-30-,38-35-. The van der Waals surface area contributed by atoms with Crippen LogP contribution in [0.15, 0.2) is 109 Å². The van der Waals surface area contributed by atoms with E-state index in [0.29, 0.717) is 12.8 Å². The lowest BCUT2D eigenvalue weighted by Crippen LogP contribution is -2.30. The molecule has 0 rings (SSSR count). The quantitative estimate of drug-likeness (QED) is 0.0263. The van der Waals surface area contributed by atoms with E-state index in [-0.39, 0.29) is 37.5 Å². The first-order valence-electron chi connectivity index (χ1n) is 25.4. The van der Waals surface area contributed by atoms with E-state index in [9.17, 15) is 14.4 Å². The fourth-order valence-electron chi connectivity index (χ4n) is 6.52. The fourth-order valence-corrected chi connectivity index (χ4v) is 6.52. The molecular weight excluding hydrogens is 781 g/mol. The summed E-state index contributed by atoms with van der Waals surface area (Å²) < 4.78 is 16.6. The number of ether oxygens (including phenoxy) is 3. The largest absolute Gasteiger partial charge is 0.462 e. The van der Waals surface area contributed by atoms with Crippen LogP contribution in [0.2, 0.25) is 0 Å². The molecule has 0 radical (unpaired) electrons. The average molecular weight is 873 g/mol. The number of esters is 3. The van der Waals surface area contributed by atoms with Crippen molar-refractivity contribution in [1.82, 2.24) is 0 Å². The van der Waals surface area contributed by atoms with Gasteiger partial charge >= 0.3 is 17.9 Å². The van der Waals surface area contributed by atoms with Crippen molar-refractivity contribution in [2.75, 3.05) is 13.2 Å². The fraction of sp³-hybridized carbons (Fsp3) is 0.632. The number of carbonyl (C=O) groups is 3. The van der Waals surface area contributed by atoms with E-state index in [1.165, 1.54) is 32.1 Å². The van der Waals surface area contributed by atoms with Crippen LogP contribution in [0.3, 0.4) is 0 Å². The SMILES string of the molecule is CC/C=C\C/C=C\C/C=C\C/C=C\C/C=C\C/C=C\CCCCCCCCCCC(=O)OCC(COC(=O)CCCCCCC)OC(=O)CCCCC/C=C\C/C=C\C/C=C\CC. The van der Waals surface area contributed by atoms with Crippen LogP contribution < -0.4 is 0 Å². The van der Waals surface area contributed by atoms with Gasteiger partial charge in [-0.2, -0.15) is 0 Å². The van der Waals surface area contributed by atoms with Gasteiger partial charge in [-0.05, 0) is 103 Å². The molecule has 0 amide bonds. The van der Waals surface area contributed by atoms with Crippen LogP contribution in [0.25, 0.3) is 0 Å². The third-order valence-electron chi connectivity index (χ3n) is 10.3. The van der Waals surface area contributed by atoms with Gasteiger partial charge in [-0.3, -0.25) is 14.4 Å². The Morgan fingerprint density at radius 1 is 0.333 bits per heavy atom. The van der Waals surface area contributed by atoms with E-state index in [0.717, 1.165) is 141 Å². The van der Waals surface area contributed by atoms with Gasteiger partial charge in [0.05, 0.1) is 0 Å². The third kappa shape index (κ3) is 49.0. The summed E-state index contributed by atoms with van der Waals surface area (Å²) in [6, 6.07) is 0. The summed E-state index contributed by atoms with van der Waals surface area (Å²) in [5.74, 6) is -0.955. The van der Waals surface area contributed by atoms with Gasteiger partial charge in [0.25, 0.3) is 0 Å². The number of hydrogen-bond acceptors (Lipinski definition) is 6. The molecule has 0 aromatic rings. The predicted molar refractivity (Wildman–Crippen MR) is 270 cm³/mol. The maximum Gasteiger partial charge on any atom is 0.306 e. The molecule has 0 spiro atoms. The zero-order chi connectivity index (χ0) is 45.8. The van der Waals surface area contributed by atoms with E-state index in [1.54, 1.807) is 0 Å². The van der Waals surface area contributed by atoms with Gasteiger partial charge in [0, 0.05) is 19.3 Å². The van der Waals surface area contributed by atoms with Gasteiger partial charge in [-0.1, -0.05) is 201 Å². The maximum atomic E-state index is 12.7. The number of unbranched alkanes of at least 4 members (excludes halogenated alkanes) is 15. The first-order chi connectivity index (χ1) is 31.0. The topological polar surface area (TPSA) is 78.9 Å². The average Bonchev–Trinajstić information content (AvgIpc) is 3.28. The highest BCUT2D eigenvalue weighted by molar-refractivity contribution is 5.71. The second kappa shape index (κ2) is 50.7. The van der Waals surface area contributed by atoms with Gasteiger partial charge in [-0.25, -0.2) is 0 Å². The minimum Gasteiger partial charge on any atom is -0.462 e. The van der Waals surface area contributed by atoms with Gasteiger partial charge < -0.3 is 14.2 Å². The second-order valence-electron chi connectivity index (χ2n) is 16.3. The van der Waals surface area contributed by atoms with Gasteiger partial charge in [0.1, 0.15) is 13.2 Å². The molecule has 6 heteroatoms. The van der Waals surface area contributed by atoms with Crippen LogP contribution in [0.5, 0.6) is 0 Å². The molecule has 356 valence electrons. The van der Waals surface area contributed by atoms with E-state index in [2.05, 4.69) is 130 Å². The van der Waals surface area contributed by atoms with Crippen LogP contribution in [0.1, 0.15) is 213 Å². The molecule has 63 heavy (non-hydrogen) atoms. The molecule has 0 aliphatic rings. The Bertz CT molecular complexity index is 1330. The number of rotatable bonds is 44. The molecule has 0 heterocycles. The lowest BCUT2D eigenvalue weighted by Gasteiger charge is -2.18. The van der Waals surface area contributed by atoms with Crippen LogP contribution >= 0.6 is 0 Å². The molecule has 0 N–H and O–H groups in total. The smallest absolute Gasteiger partial charge is 0.306 e. The highest BCUT2D eigenvalue weighted by atomic mass is 16.6. The summed E-state index contributed by atoms with van der Waals surface area (Å²) in [4.78, 5) is 37.6. The van der Waals surface area contributed by atoms with Crippen LogP contribution in [-0.4, -0.2) is 37.2 Å². The molecule has 0 aliphatic carbocycles.